The molecule has 10 heteroatoms. The number of benzene rings is 2. The number of para-hydroxylation sites is 1. The molecule has 0 unspecified atom stereocenters. The molecule has 6 nitrogen and oxygen atoms in total. The molecule has 0 aromatic heterocycles. The molecule has 0 bridgehead atoms. The quantitative estimate of drug-likeness (QED) is 0.401. The lowest BCUT2D eigenvalue weighted by atomic mass is 10.2. The summed E-state index contributed by atoms with van der Waals surface area (Å²) in [6.45, 7) is 0. The number of amides is 1. The Morgan fingerprint density at radius 1 is 1.18 bits per heavy atom. The van der Waals surface area contributed by atoms with Gasteiger partial charge in [0, 0.05) is 0 Å². The van der Waals surface area contributed by atoms with Crippen LogP contribution in [0.3, 0.4) is 0 Å². The van der Waals surface area contributed by atoms with Crippen molar-refractivity contribution in [3.05, 3.63) is 58.8 Å². The first kappa shape index (κ1) is 20.3. The molecule has 1 fully saturated rings. The molecule has 1 aliphatic heterocycles. The van der Waals surface area contributed by atoms with E-state index in [2.05, 4.69) is 0 Å². The molecule has 1 aliphatic rings. The predicted molar refractivity (Wildman–Crippen MR) is 111 cm³/mol. The predicted octanol–water partition coefficient (Wildman–Crippen LogP) is 3.58. The zero-order valence-corrected chi connectivity index (χ0v) is 17.2. The molecule has 1 saturated heterocycles. The van der Waals surface area contributed by atoms with Crippen molar-refractivity contribution in [2.75, 3.05) is 18.3 Å². The summed E-state index contributed by atoms with van der Waals surface area (Å²) in [5.41, 5.74) is 0.648. The maximum Gasteiger partial charge on any atom is 0.306 e. The molecule has 0 saturated carbocycles. The molecule has 0 aliphatic carbocycles. The molecular weight excluding hydrogens is 425 g/mol. The second-order valence-electron chi connectivity index (χ2n) is 5.67. The van der Waals surface area contributed by atoms with Crippen LogP contribution in [0.2, 0.25) is 0 Å². The van der Waals surface area contributed by atoms with E-state index in [1.54, 1.807) is 18.2 Å². The molecule has 0 N–H and O–H groups in total. The third kappa shape index (κ3) is 4.34. The normalized spacial score (nSPS) is 16.0. The van der Waals surface area contributed by atoms with Gasteiger partial charge in [-0.1, -0.05) is 42.2 Å². The van der Waals surface area contributed by atoms with Gasteiger partial charge in [0.1, 0.15) is 5.82 Å². The molecule has 0 radical (unpaired) electrons. The van der Waals surface area contributed by atoms with Crippen LogP contribution >= 0.6 is 24.0 Å². The second-order valence-corrected chi connectivity index (χ2v) is 8.92. The van der Waals surface area contributed by atoms with Gasteiger partial charge in [0.15, 0.2) is 15.8 Å². The van der Waals surface area contributed by atoms with Gasteiger partial charge in [-0.3, -0.25) is 9.69 Å². The van der Waals surface area contributed by atoms with Crippen LogP contribution in [0.1, 0.15) is 5.56 Å². The zero-order chi connectivity index (χ0) is 20.5. The van der Waals surface area contributed by atoms with E-state index >= 15 is 0 Å². The average Bonchev–Trinajstić information content (AvgIpc) is 2.89. The van der Waals surface area contributed by atoms with E-state index in [9.17, 15) is 17.6 Å². The number of anilines is 1. The summed E-state index contributed by atoms with van der Waals surface area (Å²) < 4.78 is 46.9. The van der Waals surface area contributed by atoms with Crippen LogP contribution in [0, 0.1) is 5.82 Å². The highest BCUT2D eigenvalue weighted by atomic mass is 32.2. The van der Waals surface area contributed by atoms with E-state index < -0.39 is 21.8 Å². The summed E-state index contributed by atoms with van der Waals surface area (Å²) in [4.78, 5) is 14.2. The van der Waals surface area contributed by atoms with Crippen LogP contribution in [0.4, 0.5) is 10.1 Å². The lowest BCUT2D eigenvalue weighted by Crippen LogP contribution is -2.28. The van der Waals surface area contributed by atoms with Crippen LogP contribution in [0.25, 0.3) is 6.08 Å². The number of carbonyl (C=O) groups excluding carboxylic acids is 1. The van der Waals surface area contributed by atoms with E-state index in [4.69, 9.17) is 21.1 Å². The SMILES string of the molecule is COc1cc(/C=C2\SC(=S)N(c3ccccc3F)C2=O)ccc1OS(C)(=O)=O. The van der Waals surface area contributed by atoms with Gasteiger partial charge in [0.25, 0.3) is 5.91 Å². The Morgan fingerprint density at radius 3 is 2.54 bits per heavy atom. The summed E-state index contributed by atoms with van der Waals surface area (Å²) in [7, 11) is -2.35. The minimum Gasteiger partial charge on any atom is -0.493 e. The number of hydrogen-bond acceptors (Lipinski definition) is 7. The van der Waals surface area contributed by atoms with Crippen LogP contribution in [0.15, 0.2) is 47.4 Å². The van der Waals surface area contributed by atoms with Gasteiger partial charge in [-0.25, -0.2) is 4.39 Å². The minimum absolute atomic E-state index is 0.0288. The lowest BCUT2D eigenvalue weighted by molar-refractivity contribution is -0.113. The zero-order valence-electron chi connectivity index (χ0n) is 14.7. The Balaban J connectivity index is 1.93. The van der Waals surface area contributed by atoms with E-state index in [0.717, 1.165) is 22.9 Å². The smallest absolute Gasteiger partial charge is 0.306 e. The second kappa shape index (κ2) is 7.90. The Morgan fingerprint density at radius 2 is 1.89 bits per heavy atom. The topological polar surface area (TPSA) is 72.9 Å². The first-order valence-corrected chi connectivity index (χ1v) is 10.8. The molecule has 2 aromatic rings. The number of thiocarbonyl (C=S) groups is 1. The lowest BCUT2D eigenvalue weighted by Gasteiger charge is -2.14. The molecule has 0 atom stereocenters. The summed E-state index contributed by atoms with van der Waals surface area (Å²) in [5, 5.41) is 0. The maximum atomic E-state index is 14.1. The van der Waals surface area contributed by atoms with E-state index in [-0.39, 0.29) is 21.5 Å². The summed E-state index contributed by atoms with van der Waals surface area (Å²) in [6.07, 6.45) is 2.49. The third-order valence-electron chi connectivity index (χ3n) is 3.61. The van der Waals surface area contributed by atoms with Gasteiger partial charge >= 0.3 is 10.1 Å². The third-order valence-corrected chi connectivity index (χ3v) is 5.40. The van der Waals surface area contributed by atoms with Crippen molar-refractivity contribution in [3.63, 3.8) is 0 Å². The molecule has 0 spiro atoms. The van der Waals surface area contributed by atoms with Gasteiger partial charge in [-0.15, -0.1) is 0 Å². The minimum atomic E-state index is -3.72. The van der Waals surface area contributed by atoms with Gasteiger partial charge in [0.2, 0.25) is 0 Å². The standard InChI is InChI=1S/C18H14FNO5S3/c1-24-15-9-11(7-8-14(15)25-28(2,22)23)10-16-17(21)20(18(26)27-16)13-6-4-3-5-12(13)19/h3-10H,1-2H3/b16-10-. The summed E-state index contributed by atoms with van der Waals surface area (Å²) in [5.74, 6) is -0.788. The molecule has 3 rings (SSSR count). The van der Waals surface area contributed by atoms with Crippen molar-refractivity contribution >= 4 is 56.1 Å². The van der Waals surface area contributed by atoms with Crippen molar-refractivity contribution in [1.82, 2.24) is 0 Å². The van der Waals surface area contributed by atoms with E-state index in [1.165, 1.54) is 37.4 Å². The van der Waals surface area contributed by atoms with Crippen molar-refractivity contribution in [3.8, 4) is 11.5 Å². The van der Waals surface area contributed by atoms with Crippen LogP contribution in [0.5, 0.6) is 11.5 Å². The highest BCUT2D eigenvalue weighted by Gasteiger charge is 2.34. The van der Waals surface area contributed by atoms with Gasteiger partial charge in [0.05, 0.1) is 24.0 Å². The number of hydrogen-bond donors (Lipinski definition) is 0. The van der Waals surface area contributed by atoms with Crippen molar-refractivity contribution in [2.24, 2.45) is 0 Å². The molecular formula is C18H14FNO5S3. The number of rotatable bonds is 5. The Bertz CT molecular complexity index is 1100. The van der Waals surface area contributed by atoms with Crippen LogP contribution < -0.4 is 13.8 Å². The summed E-state index contributed by atoms with van der Waals surface area (Å²) in [6, 6.07) is 10.4. The van der Waals surface area contributed by atoms with Crippen LogP contribution in [-0.4, -0.2) is 32.0 Å². The molecule has 1 amide bonds. The Kier molecular flexibility index (Phi) is 5.73. The fourth-order valence-corrected chi connectivity index (χ4v) is 4.21. The Hall–Kier alpha value is -2.43. The fourth-order valence-electron chi connectivity index (χ4n) is 2.47. The number of ether oxygens (including phenoxy) is 1. The van der Waals surface area contributed by atoms with Crippen molar-refractivity contribution < 1.29 is 26.5 Å². The largest absolute Gasteiger partial charge is 0.493 e. The van der Waals surface area contributed by atoms with Crippen LogP contribution in [-0.2, 0) is 14.9 Å². The summed E-state index contributed by atoms with van der Waals surface area (Å²) >= 11 is 6.27. The number of nitrogens with zero attached hydrogens (tertiary/aromatic N) is 1. The molecule has 1 heterocycles. The molecule has 2 aromatic carbocycles. The maximum absolute atomic E-state index is 14.1. The van der Waals surface area contributed by atoms with Gasteiger partial charge in [-0.2, -0.15) is 8.42 Å². The monoisotopic (exact) mass is 439 g/mol. The molecule has 146 valence electrons. The van der Waals surface area contributed by atoms with Crippen molar-refractivity contribution in [1.29, 1.82) is 0 Å². The van der Waals surface area contributed by atoms with E-state index in [0.29, 0.717) is 10.5 Å². The Labute approximate surface area is 171 Å². The van der Waals surface area contributed by atoms with Crippen molar-refractivity contribution in [2.45, 2.75) is 0 Å². The highest BCUT2D eigenvalue weighted by molar-refractivity contribution is 8.27. The average molecular weight is 440 g/mol. The molecule has 28 heavy (non-hydrogen) atoms. The first-order chi connectivity index (χ1) is 13.2. The fraction of sp³-hybridized carbons (Fsp3) is 0.111. The number of methoxy groups -OCH3 is 1. The number of thioether (sulfide) groups is 1. The van der Waals surface area contributed by atoms with Gasteiger partial charge < -0.3 is 8.92 Å². The first-order valence-electron chi connectivity index (χ1n) is 7.79. The van der Waals surface area contributed by atoms with Gasteiger partial charge in [-0.05, 0) is 35.9 Å². The van der Waals surface area contributed by atoms with E-state index in [1.807, 2.05) is 0 Å². The number of halogens is 1. The highest BCUT2D eigenvalue weighted by Crippen LogP contribution is 2.38. The number of carbonyl (C=O) groups is 1.